The number of unbranched alkanes of at least 4 members (excludes halogenated alkanes) is 2. The largest absolute Gasteiger partial charge is 0.441 e. The summed E-state index contributed by atoms with van der Waals surface area (Å²) in [5, 5.41) is 2.93. The Bertz CT molecular complexity index is 615. The Morgan fingerprint density at radius 3 is 2.59 bits per heavy atom. The van der Waals surface area contributed by atoms with E-state index in [-0.39, 0.29) is 12.3 Å². The average molecular weight is 300 g/mol. The van der Waals surface area contributed by atoms with Crippen LogP contribution >= 0.6 is 0 Å². The number of hydrogen-bond acceptors (Lipinski definition) is 3. The fourth-order valence-corrected chi connectivity index (χ4v) is 2.23. The molecule has 0 aliphatic carbocycles. The number of benzene rings is 1. The van der Waals surface area contributed by atoms with Crippen LogP contribution in [0.2, 0.25) is 0 Å². The number of aromatic nitrogens is 1. The molecule has 1 N–H and O–H groups in total. The van der Waals surface area contributed by atoms with Crippen LogP contribution in [0.1, 0.15) is 43.2 Å². The van der Waals surface area contributed by atoms with Gasteiger partial charge < -0.3 is 9.73 Å². The van der Waals surface area contributed by atoms with Crippen molar-refractivity contribution in [2.45, 2.75) is 46.5 Å². The standard InChI is InChI=1S/C18H24N2O2/c1-4-5-6-11-19-17(21)12-16-14(3)22-18(20-16)15-9-7-13(2)8-10-15/h7-10H,4-6,11-12H2,1-3H3,(H,19,21). The summed E-state index contributed by atoms with van der Waals surface area (Å²) in [5.41, 5.74) is 2.84. The second kappa shape index (κ2) is 7.78. The minimum absolute atomic E-state index is 0.00274. The summed E-state index contributed by atoms with van der Waals surface area (Å²) >= 11 is 0. The number of amides is 1. The van der Waals surface area contributed by atoms with E-state index in [1.807, 2.05) is 38.1 Å². The Hall–Kier alpha value is -2.10. The van der Waals surface area contributed by atoms with Gasteiger partial charge in [0.15, 0.2) is 0 Å². The summed E-state index contributed by atoms with van der Waals surface area (Å²) in [4.78, 5) is 16.4. The van der Waals surface area contributed by atoms with Crippen LogP contribution in [0.3, 0.4) is 0 Å². The van der Waals surface area contributed by atoms with E-state index >= 15 is 0 Å². The molecule has 1 heterocycles. The zero-order valence-corrected chi connectivity index (χ0v) is 13.6. The van der Waals surface area contributed by atoms with E-state index in [0.717, 1.165) is 31.4 Å². The minimum Gasteiger partial charge on any atom is -0.441 e. The second-order valence-electron chi connectivity index (χ2n) is 5.62. The van der Waals surface area contributed by atoms with E-state index in [0.29, 0.717) is 17.3 Å². The van der Waals surface area contributed by atoms with Gasteiger partial charge in [0.1, 0.15) is 5.76 Å². The van der Waals surface area contributed by atoms with Crippen molar-refractivity contribution in [3.05, 3.63) is 41.3 Å². The molecule has 0 aliphatic rings. The first-order valence-electron chi connectivity index (χ1n) is 7.90. The maximum absolute atomic E-state index is 11.9. The number of aryl methyl sites for hydroxylation is 2. The van der Waals surface area contributed by atoms with Gasteiger partial charge in [0.2, 0.25) is 11.8 Å². The maximum Gasteiger partial charge on any atom is 0.226 e. The average Bonchev–Trinajstić information content (AvgIpc) is 2.85. The lowest BCUT2D eigenvalue weighted by Gasteiger charge is -2.03. The lowest BCUT2D eigenvalue weighted by Crippen LogP contribution is -2.26. The summed E-state index contributed by atoms with van der Waals surface area (Å²) in [7, 11) is 0. The highest BCUT2D eigenvalue weighted by atomic mass is 16.4. The number of nitrogens with one attached hydrogen (secondary N) is 1. The molecule has 1 aromatic heterocycles. The molecule has 0 aliphatic heterocycles. The number of hydrogen-bond donors (Lipinski definition) is 1. The highest BCUT2D eigenvalue weighted by Crippen LogP contribution is 2.22. The molecule has 0 fully saturated rings. The van der Waals surface area contributed by atoms with Crippen molar-refractivity contribution in [2.75, 3.05) is 6.54 Å². The van der Waals surface area contributed by atoms with Gasteiger partial charge in [0.05, 0.1) is 12.1 Å². The molecule has 0 spiro atoms. The van der Waals surface area contributed by atoms with Crippen LogP contribution in [0.5, 0.6) is 0 Å². The third-order valence-corrected chi connectivity index (χ3v) is 3.62. The maximum atomic E-state index is 11.9. The van der Waals surface area contributed by atoms with Gasteiger partial charge in [0.25, 0.3) is 0 Å². The monoisotopic (exact) mass is 300 g/mol. The first kappa shape index (κ1) is 16.3. The predicted octanol–water partition coefficient (Wildman–Crippen LogP) is 3.81. The van der Waals surface area contributed by atoms with Gasteiger partial charge in [-0.1, -0.05) is 37.5 Å². The normalized spacial score (nSPS) is 10.7. The van der Waals surface area contributed by atoms with Gasteiger partial charge in [-0.3, -0.25) is 4.79 Å². The van der Waals surface area contributed by atoms with Gasteiger partial charge in [-0.15, -0.1) is 0 Å². The Morgan fingerprint density at radius 1 is 1.18 bits per heavy atom. The number of nitrogens with zero attached hydrogens (tertiary/aromatic N) is 1. The molecule has 0 unspecified atom stereocenters. The SMILES string of the molecule is CCCCCNC(=O)Cc1nc(-c2ccc(C)cc2)oc1C. The van der Waals surface area contributed by atoms with Crippen LogP contribution in [0, 0.1) is 13.8 Å². The molecule has 2 rings (SSSR count). The third-order valence-electron chi connectivity index (χ3n) is 3.62. The summed E-state index contributed by atoms with van der Waals surface area (Å²) in [5.74, 6) is 1.29. The third kappa shape index (κ3) is 4.45. The molecular weight excluding hydrogens is 276 g/mol. The molecule has 0 radical (unpaired) electrons. The van der Waals surface area contributed by atoms with E-state index in [1.54, 1.807) is 0 Å². The highest BCUT2D eigenvalue weighted by molar-refractivity contribution is 5.78. The van der Waals surface area contributed by atoms with Crippen LogP contribution in [-0.4, -0.2) is 17.4 Å². The van der Waals surface area contributed by atoms with Crippen molar-refractivity contribution in [1.82, 2.24) is 10.3 Å². The van der Waals surface area contributed by atoms with Crippen molar-refractivity contribution in [3.8, 4) is 11.5 Å². The topological polar surface area (TPSA) is 55.1 Å². The summed E-state index contributed by atoms with van der Waals surface area (Å²) < 4.78 is 5.69. The van der Waals surface area contributed by atoms with Crippen molar-refractivity contribution in [2.24, 2.45) is 0 Å². The van der Waals surface area contributed by atoms with Crippen molar-refractivity contribution < 1.29 is 9.21 Å². The van der Waals surface area contributed by atoms with Crippen LogP contribution in [-0.2, 0) is 11.2 Å². The van der Waals surface area contributed by atoms with Crippen molar-refractivity contribution >= 4 is 5.91 Å². The van der Waals surface area contributed by atoms with Crippen LogP contribution in [0.25, 0.3) is 11.5 Å². The van der Waals surface area contributed by atoms with Crippen LogP contribution < -0.4 is 5.32 Å². The van der Waals surface area contributed by atoms with Gasteiger partial charge in [-0.05, 0) is 32.4 Å². The summed E-state index contributed by atoms with van der Waals surface area (Å²) in [6, 6.07) is 8.01. The van der Waals surface area contributed by atoms with E-state index in [9.17, 15) is 4.79 Å². The lowest BCUT2D eigenvalue weighted by atomic mass is 10.1. The lowest BCUT2D eigenvalue weighted by molar-refractivity contribution is -0.120. The molecule has 118 valence electrons. The number of carbonyl (C=O) groups excluding carboxylic acids is 1. The molecule has 0 saturated carbocycles. The summed E-state index contributed by atoms with van der Waals surface area (Å²) in [6.45, 7) is 6.77. The molecular formula is C18H24N2O2. The van der Waals surface area contributed by atoms with E-state index < -0.39 is 0 Å². The molecule has 2 aromatic rings. The van der Waals surface area contributed by atoms with Crippen molar-refractivity contribution in [1.29, 1.82) is 0 Å². The van der Waals surface area contributed by atoms with Crippen LogP contribution in [0.4, 0.5) is 0 Å². The number of oxazole rings is 1. The fourth-order valence-electron chi connectivity index (χ4n) is 2.23. The van der Waals surface area contributed by atoms with Gasteiger partial charge in [-0.25, -0.2) is 4.98 Å². The molecule has 1 amide bonds. The minimum atomic E-state index is 0.00274. The number of rotatable bonds is 7. The van der Waals surface area contributed by atoms with E-state index in [4.69, 9.17) is 4.42 Å². The second-order valence-corrected chi connectivity index (χ2v) is 5.62. The molecule has 0 bridgehead atoms. The Balaban J connectivity index is 1.98. The van der Waals surface area contributed by atoms with Gasteiger partial charge in [-0.2, -0.15) is 0 Å². The Morgan fingerprint density at radius 2 is 1.91 bits per heavy atom. The Kier molecular flexibility index (Phi) is 5.75. The van der Waals surface area contributed by atoms with Crippen LogP contribution in [0.15, 0.2) is 28.7 Å². The molecule has 4 nitrogen and oxygen atoms in total. The quantitative estimate of drug-likeness (QED) is 0.791. The molecule has 0 atom stereocenters. The van der Waals surface area contributed by atoms with Crippen molar-refractivity contribution in [3.63, 3.8) is 0 Å². The first-order chi connectivity index (χ1) is 10.6. The predicted molar refractivity (Wildman–Crippen MR) is 87.7 cm³/mol. The smallest absolute Gasteiger partial charge is 0.226 e. The van der Waals surface area contributed by atoms with Gasteiger partial charge >= 0.3 is 0 Å². The zero-order chi connectivity index (χ0) is 15.9. The zero-order valence-electron chi connectivity index (χ0n) is 13.6. The number of carbonyl (C=O) groups is 1. The highest BCUT2D eigenvalue weighted by Gasteiger charge is 2.14. The first-order valence-corrected chi connectivity index (χ1v) is 7.90. The molecule has 22 heavy (non-hydrogen) atoms. The molecule has 1 aromatic carbocycles. The fraction of sp³-hybridized carbons (Fsp3) is 0.444. The molecule has 4 heteroatoms. The van der Waals surface area contributed by atoms with E-state index in [2.05, 4.69) is 17.2 Å². The van der Waals surface area contributed by atoms with E-state index in [1.165, 1.54) is 5.56 Å². The summed E-state index contributed by atoms with van der Waals surface area (Å²) in [6.07, 6.45) is 3.58. The Labute approximate surface area is 131 Å². The van der Waals surface area contributed by atoms with Gasteiger partial charge in [0, 0.05) is 12.1 Å². The molecule has 0 saturated heterocycles.